The number of hydrogen-bond acceptors (Lipinski definition) is 25. The number of sulfone groups is 1. The molecule has 0 spiro atoms. The first-order valence-corrected chi connectivity index (χ1v) is 38.0. The molecular formula is C67H97N3O26S3. The zero-order valence-corrected chi connectivity index (χ0v) is 60.4. The maximum atomic E-state index is 15.6. The molecule has 3 heterocycles. The van der Waals surface area contributed by atoms with Gasteiger partial charge in [0.05, 0.1) is 168 Å². The molecule has 0 saturated carbocycles. The first-order chi connectivity index (χ1) is 47.1. The van der Waals surface area contributed by atoms with E-state index in [0.717, 1.165) is 6.26 Å². The lowest BCUT2D eigenvalue weighted by molar-refractivity contribution is -0.197. The Morgan fingerprint density at radius 3 is 1.49 bits per heavy atom. The molecule has 99 heavy (non-hydrogen) atoms. The Labute approximate surface area is 579 Å². The summed E-state index contributed by atoms with van der Waals surface area (Å²) in [4.78, 5) is 62.0. The molecule has 0 aromatic heterocycles. The van der Waals surface area contributed by atoms with Crippen molar-refractivity contribution in [2.24, 2.45) is 10.9 Å². The van der Waals surface area contributed by atoms with Gasteiger partial charge in [0.25, 0.3) is 38.0 Å². The largest absolute Gasteiger partial charge is 0.453 e. The molecule has 3 aliphatic heterocycles. The van der Waals surface area contributed by atoms with E-state index in [1.165, 1.54) is 23.1 Å². The van der Waals surface area contributed by atoms with Gasteiger partial charge in [0, 0.05) is 73.1 Å². The van der Waals surface area contributed by atoms with Crippen LogP contribution in [0.15, 0.2) is 50.0 Å². The van der Waals surface area contributed by atoms with Crippen LogP contribution in [0.3, 0.4) is 0 Å². The SMILES string of the molecule is COCCOCCOCCOCCOCCOCCOCCOCCOCCOCCOCCOCCN(CCCCCC(=O)ON1C(=O)CCC1=O)C(=O)c1ccc(S(C)(=O)=O)cc1C1=c2cc3c(c(S(=O)(=O)O)c2Oc2c1cc1c(c2S(=O)(=O)O)CC(C)C1(C)C)=NC(C)C3(C)C. The van der Waals surface area contributed by atoms with Crippen LogP contribution < -0.4 is 15.3 Å². The molecule has 1 fully saturated rings. The monoisotopic (exact) mass is 1460 g/mol. The number of hydroxylamine groups is 2. The highest BCUT2D eigenvalue weighted by Gasteiger charge is 2.46. The molecule has 1 aliphatic carbocycles. The number of imide groups is 1. The molecule has 3 aromatic rings. The van der Waals surface area contributed by atoms with Crippen molar-refractivity contribution in [2.45, 2.75) is 118 Å². The van der Waals surface area contributed by atoms with Gasteiger partial charge < -0.3 is 71.3 Å². The maximum absolute atomic E-state index is 15.6. The Morgan fingerprint density at radius 1 is 0.576 bits per heavy atom. The van der Waals surface area contributed by atoms with E-state index in [9.17, 15) is 48.7 Å². The van der Waals surface area contributed by atoms with Gasteiger partial charge in [0.1, 0.15) is 4.90 Å². The van der Waals surface area contributed by atoms with Crippen LogP contribution >= 0.6 is 0 Å². The quantitative estimate of drug-likeness (QED) is 0.0356. The summed E-state index contributed by atoms with van der Waals surface area (Å²) >= 11 is 0. The number of nitrogens with zero attached hydrogens (tertiary/aromatic N) is 3. The van der Waals surface area contributed by atoms with Crippen LogP contribution in [0.5, 0.6) is 11.5 Å². The molecule has 7 rings (SSSR count). The summed E-state index contributed by atoms with van der Waals surface area (Å²) in [5.74, 6) is -4.03. The zero-order valence-electron chi connectivity index (χ0n) is 57.9. The number of hydrogen-bond donors (Lipinski definition) is 2. The summed E-state index contributed by atoms with van der Waals surface area (Å²) in [6, 6.07) is 6.47. The van der Waals surface area contributed by atoms with Crippen LogP contribution in [-0.2, 0) is 123 Å². The lowest BCUT2D eigenvalue weighted by Gasteiger charge is -2.31. The molecule has 2 atom stereocenters. The topological polar surface area (TPSA) is 359 Å². The lowest BCUT2D eigenvalue weighted by Crippen LogP contribution is -2.36. The van der Waals surface area contributed by atoms with E-state index in [-0.39, 0.29) is 134 Å². The first kappa shape index (κ1) is 80.8. The van der Waals surface area contributed by atoms with Crippen molar-refractivity contribution in [3.8, 4) is 11.5 Å². The molecule has 32 heteroatoms. The normalized spacial score (nSPS) is 16.9. The van der Waals surface area contributed by atoms with Gasteiger partial charge in [-0.3, -0.25) is 28.5 Å². The summed E-state index contributed by atoms with van der Waals surface area (Å²) in [5.41, 5.74) is -0.898. The van der Waals surface area contributed by atoms with Gasteiger partial charge in [-0.2, -0.15) is 16.8 Å². The van der Waals surface area contributed by atoms with Gasteiger partial charge in [-0.25, -0.2) is 13.2 Å². The highest BCUT2D eigenvalue weighted by Crippen LogP contribution is 2.53. The van der Waals surface area contributed by atoms with Gasteiger partial charge in [-0.15, -0.1) is 5.06 Å². The van der Waals surface area contributed by atoms with Crippen LogP contribution in [0.4, 0.5) is 0 Å². The predicted molar refractivity (Wildman–Crippen MR) is 355 cm³/mol. The van der Waals surface area contributed by atoms with Crippen LogP contribution in [0.25, 0.3) is 5.57 Å². The molecule has 0 radical (unpaired) electrons. The van der Waals surface area contributed by atoms with Crippen LogP contribution in [0, 0.1) is 5.92 Å². The third kappa shape index (κ3) is 22.5. The van der Waals surface area contributed by atoms with Crippen LogP contribution in [0.2, 0.25) is 0 Å². The smallest absolute Gasteiger partial charge is 0.333 e. The molecule has 554 valence electrons. The number of amides is 3. The molecule has 3 aromatic carbocycles. The van der Waals surface area contributed by atoms with Gasteiger partial charge in [0.15, 0.2) is 26.2 Å². The van der Waals surface area contributed by atoms with Crippen molar-refractivity contribution >= 4 is 59.3 Å². The molecule has 29 nitrogen and oxygen atoms in total. The molecule has 2 N–H and O–H groups in total. The third-order valence-corrected chi connectivity index (χ3v) is 20.6. The highest BCUT2D eigenvalue weighted by atomic mass is 32.2. The van der Waals surface area contributed by atoms with Crippen molar-refractivity contribution in [1.82, 2.24) is 9.96 Å². The summed E-state index contributed by atoms with van der Waals surface area (Å²) < 4.78 is 178. The van der Waals surface area contributed by atoms with Gasteiger partial charge in [0.2, 0.25) is 0 Å². The Kier molecular flexibility index (Phi) is 31.1. The van der Waals surface area contributed by atoms with E-state index >= 15 is 4.79 Å². The van der Waals surface area contributed by atoms with Crippen molar-refractivity contribution in [3.63, 3.8) is 0 Å². The molecule has 0 bridgehead atoms. The Hall–Kier alpha value is -5.50. The van der Waals surface area contributed by atoms with E-state index in [2.05, 4.69) is 4.99 Å². The summed E-state index contributed by atoms with van der Waals surface area (Å²) in [6.45, 7) is 19.7. The standard InChI is InChI=1S/C67H97N3O26S3/c1-46-42-51-54(66(46,3)4)44-52-59(53-45-55-60(68-47(2)67(55,5)6)64(99(80,81)82)62(53)95-61(52)63(51)98(77,78)79)50-43-48(97(8,75)76)13-14-49(50)65(74)69(17-11-9-10-12-58(73)96-70-56(71)15-16-57(70)72)18-19-84-22-23-86-26-27-88-30-31-90-34-35-92-38-39-94-41-40-93-37-36-91-33-32-89-29-28-87-25-24-85-21-20-83-7/h13-14,43-47H,9-12,15-42H2,1-8H3,(H,77,78,79)(H,80,81,82). The second kappa shape index (κ2) is 38.1. The van der Waals surface area contributed by atoms with Crippen molar-refractivity contribution in [1.29, 1.82) is 0 Å². The molecule has 3 amide bonds. The van der Waals surface area contributed by atoms with Gasteiger partial charge in [-0.05, 0) is 90.1 Å². The number of benzene rings is 3. The average molecular weight is 1460 g/mol. The van der Waals surface area contributed by atoms with E-state index in [1.807, 2.05) is 34.6 Å². The molecule has 1 saturated heterocycles. The fraction of sp³-hybridized carbons (Fsp3) is 0.657. The van der Waals surface area contributed by atoms with Gasteiger partial charge in [-0.1, -0.05) is 41.0 Å². The maximum Gasteiger partial charge on any atom is 0.333 e. The second-order valence-electron chi connectivity index (χ2n) is 25.2. The molecule has 2 unspecified atom stereocenters. The minimum atomic E-state index is -5.30. The summed E-state index contributed by atoms with van der Waals surface area (Å²) in [5, 5.41) is 0.261. The van der Waals surface area contributed by atoms with E-state index in [0.29, 0.717) is 142 Å². The zero-order chi connectivity index (χ0) is 72.0. The fourth-order valence-corrected chi connectivity index (χ4v) is 13.9. The number of ether oxygens (including phenoxy) is 13. The Bertz CT molecular complexity index is 3720. The number of methoxy groups -OCH3 is 1. The van der Waals surface area contributed by atoms with Crippen molar-refractivity contribution in [2.75, 3.05) is 178 Å². The summed E-state index contributed by atoms with van der Waals surface area (Å²) in [7, 11) is -13.0. The lowest BCUT2D eigenvalue weighted by atomic mass is 9.77. The number of rotatable bonds is 48. The fourth-order valence-electron chi connectivity index (χ4n) is 11.5. The number of carbonyl (C=O) groups is 4. The summed E-state index contributed by atoms with van der Waals surface area (Å²) in [6.07, 6.45) is 1.64. The minimum Gasteiger partial charge on any atom is -0.453 e. The molecular weight excluding hydrogens is 1360 g/mol. The van der Waals surface area contributed by atoms with Crippen LogP contribution in [-0.4, -0.2) is 252 Å². The van der Waals surface area contributed by atoms with Crippen molar-refractivity contribution < 1.29 is 120 Å². The second-order valence-corrected chi connectivity index (χ2v) is 30.0. The number of fused-ring (bicyclic) bond motifs is 4. The van der Waals surface area contributed by atoms with E-state index < -0.39 is 91.9 Å². The van der Waals surface area contributed by atoms with Crippen molar-refractivity contribution in [3.05, 3.63) is 74.3 Å². The Morgan fingerprint density at radius 2 is 1.04 bits per heavy atom. The van der Waals surface area contributed by atoms with Crippen LogP contribution in [0.1, 0.15) is 118 Å². The predicted octanol–water partition coefficient (Wildman–Crippen LogP) is 4.14. The average Bonchev–Trinajstić information content (AvgIpc) is 1.69. The number of unbranched alkanes of at least 4 members (excludes halogenated alkanes) is 2. The van der Waals surface area contributed by atoms with Gasteiger partial charge >= 0.3 is 5.97 Å². The first-order valence-electron chi connectivity index (χ1n) is 33.3. The van der Waals surface area contributed by atoms with E-state index in [1.54, 1.807) is 26.2 Å². The minimum absolute atomic E-state index is 0.0260. The Balaban J connectivity index is 0.948. The third-order valence-electron chi connectivity index (χ3n) is 17.7. The van der Waals surface area contributed by atoms with E-state index in [4.69, 9.17) is 66.4 Å². The molecule has 4 aliphatic rings. The number of carbonyl (C=O) groups excluding carboxylic acids is 4. The highest BCUT2D eigenvalue weighted by molar-refractivity contribution is 7.90.